The molecule has 0 aromatic heterocycles. The van der Waals surface area contributed by atoms with Crippen molar-refractivity contribution in [3.63, 3.8) is 0 Å². The average Bonchev–Trinajstić information content (AvgIpc) is 2.56. The van der Waals surface area contributed by atoms with Crippen LogP contribution >= 0.6 is 23.4 Å². The van der Waals surface area contributed by atoms with Crippen molar-refractivity contribution in [1.82, 2.24) is 5.32 Å². The highest BCUT2D eigenvalue weighted by atomic mass is 35.5. The molecule has 2 aromatic carbocycles. The Labute approximate surface area is 149 Å². The summed E-state index contributed by atoms with van der Waals surface area (Å²) in [5.74, 6) is 1.30. The Morgan fingerprint density at radius 3 is 2.75 bits per heavy atom. The molecule has 1 amide bonds. The number of nitro groups is 1. The standard InChI is InChI=1S/C17H17ClN2O3S/c1-12-4-2-3-5-14(12)11-24-9-8-19-17(21)13-6-7-15(18)16(10-13)20(22)23/h2-7,10H,8-9,11H2,1H3,(H,19,21). The molecule has 0 fully saturated rings. The highest BCUT2D eigenvalue weighted by molar-refractivity contribution is 7.98. The maximum absolute atomic E-state index is 12.0. The predicted molar refractivity (Wildman–Crippen MR) is 97.8 cm³/mol. The zero-order valence-corrected chi connectivity index (χ0v) is 14.7. The van der Waals surface area contributed by atoms with Gasteiger partial charge in [-0.3, -0.25) is 14.9 Å². The predicted octanol–water partition coefficient (Wildman–Crippen LogP) is 4.22. The zero-order valence-electron chi connectivity index (χ0n) is 13.1. The van der Waals surface area contributed by atoms with E-state index in [1.165, 1.54) is 29.3 Å². The van der Waals surface area contributed by atoms with E-state index in [1.807, 2.05) is 12.1 Å². The lowest BCUT2D eigenvalue weighted by Crippen LogP contribution is -2.25. The smallest absolute Gasteiger partial charge is 0.288 e. The fraction of sp³-hybridized carbons (Fsp3) is 0.235. The van der Waals surface area contributed by atoms with Gasteiger partial charge in [-0.2, -0.15) is 11.8 Å². The molecule has 0 aliphatic rings. The molecular weight excluding hydrogens is 348 g/mol. The van der Waals surface area contributed by atoms with Crippen LogP contribution in [0.1, 0.15) is 21.5 Å². The van der Waals surface area contributed by atoms with Gasteiger partial charge in [0, 0.05) is 29.7 Å². The average molecular weight is 365 g/mol. The molecule has 1 N–H and O–H groups in total. The number of nitrogens with zero attached hydrogens (tertiary/aromatic N) is 1. The fourth-order valence-electron chi connectivity index (χ4n) is 2.09. The van der Waals surface area contributed by atoms with Gasteiger partial charge in [0.05, 0.1) is 4.92 Å². The molecule has 0 heterocycles. The molecule has 0 saturated carbocycles. The Morgan fingerprint density at radius 1 is 1.29 bits per heavy atom. The Balaban J connectivity index is 1.80. The number of nitro benzene ring substituents is 1. The fourth-order valence-corrected chi connectivity index (χ4v) is 3.21. The van der Waals surface area contributed by atoms with Gasteiger partial charge in [-0.25, -0.2) is 0 Å². The van der Waals surface area contributed by atoms with Gasteiger partial charge < -0.3 is 5.32 Å². The second-order valence-corrected chi connectivity index (χ2v) is 6.67. The van der Waals surface area contributed by atoms with Crippen LogP contribution in [0, 0.1) is 17.0 Å². The molecule has 0 radical (unpaired) electrons. The molecule has 0 bridgehead atoms. The molecule has 0 spiro atoms. The summed E-state index contributed by atoms with van der Waals surface area (Å²) in [5.41, 5.74) is 2.50. The molecule has 0 saturated heterocycles. The number of carbonyl (C=O) groups excluding carboxylic acids is 1. The third-order valence-corrected chi connectivity index (χ3v) is 4.78. The van der Waals surface area contributed by atoms with E-state index in [2.05, 4.69) is 24.4 Å². The monoisotopic (exact) mass is 364 g/mol. The van der Waals surface area contributed by atoms with Crippen LogP contribution in [0.3, 0.4) is 0 Å². The number of amides is 1. The molecular formula is C17H17ClN2O3S. The topological polar surface area (TPSA) is 72.2 Å². The van der Waals surface area contributed by atoms with E-state index in [9.17, 15) is 14.9 Å². The van der Waals surface area contributed by atoms with E-state index in [0.29, 0.717) is 6.54 Å². The second kappa shape index (κ2) is 8.70. The summed E-state index contributed by atoms with van der Waals surface area (Å²) in [4.78, 5) is 22.3. The lowest BCUT2D eigenvalue weighted by molar-refractivity contribution is -0.384. The van der Waals surface area contributed by atoms with Crippen LogP contribution < -0.4 is 5.32 Å². The quantitative estimate of drug-likeness (QED) is 0.453. The Kier molecular flexibility index (Phi) is 6.63. The minimum absolute atomic E-state index is 0.0188. The molecule has 0 atom stereocenters. The first-order valence-electron chi connectivity index (χ1n) is 7.33. The lowest BCUT2D eigenvalue weighted by Gasteiger charge is -2.07. The van der Waals surface area contributed by atoms with Gasteiger partial charge in [-0.15, -0.1) is 0 Å². The zero-order chi connectivity index (χ0) is 17.5. The van der Waals surface area contributed by atoms with Gasteiger partial charge in [0.25, 0.3) is 11.6 Å². The number of hydrogen-bond donors (Lipinski definition) is 1. The van der Waals surface area contributed by atoms with Crippen LogP contribution in [0.25, 0.3) is 0 Å². The van der Waals surface area contributed by atoms with Crippen LogP contribution in [0.4, 0.5) is 5.69 Å². The van der Waals surface area contributed by atoms with E-state index in [1.54, 1.807) is 11.8 Å². The summed E-state index contributed by atoms with van der Waals surface area (Å²) < 4.78 is 0. The minimum atomic E-state index is -0.600. The third kappa shape index (κ3) is 4.97. The maximum atomic E-state index is 12.0. The highest BCUT2D eigenvalue weighted by Gasteiger charge is 2.15. The molecule has 2 rings (SSSR count). The van der Waals surface area contributed by atoms with Crippen LogP contribution in [0.15, 0.2) is 42.5 Å². The van der Waals surface area contributed by atoms with Gasteiger partial charge in [0.15, 0.2) is 0 Å². The molecule has 7 heteroatoms. The summed E-state index contributed by atoms with van der Waals surface area (Å²) in [6, 6.07) is 12.2. The molecule has 0 unspecified atom stereocenters. The van der Waals surface area contributed by atoms with Crippen molar-refractivity contribution in [2.75, 3.05) is 12.3 Å². The van der Waals surface area contributed by atoms with Gasteiger partial charge >= 0.3 is 0 Å². The van der Waals surface area contributed by atoms with E-state index < -0.39 is 4.92 Å². The third-order valence-electron chi connectivity index (χ3n) is 3.46. The van der Waals surface area contributed by atoms with Crippen molar-refractivity contribution in [2.45, 2.75) is 12.7 Å². The first-order valence-corrected chi connectivity index (χ1v) is 8.86. The Hall–Kier alpha value is -2.05. The number of hydrogen-bond acceptors (Lipinski definition) is 4. The summed E-state index contributed by atoms with van der Waals surface area (Å²) in [6.07, 6.45) is 0. The van der Waals surface area contributed by atoms with Gasteiger partial charge in [0.1, 0.15) is 5.02 Å². The Bertz CT molecular complexity index is 752. The van der Waals surface area contributed by atoms with E-state index in [-0.39, 0.29) is 22.2 Å². The summed E-state index contributed by atoms with van der Waals surface area (Å²) >= 11 is 7.46. The van der Waals surface area contributed by atoms with E-state index in [0.717, 1.165) is 11.5 Å². The molecule has 2 aromatic rings. The molecule has 126 valence electrons. The second-order valence-electron chi connectivity index (χ2n) is 5.16. The van der Waals surface area contributed by atoms with E-state index in [4.69, 9.17) is 11.6 Å². The van der Waals surface area contributed by atoms with E-state index >= 15 is 0 Å². The van der Waals surface area contributed by atoms with Gasteiger partial charge in [-0.1, -0.05) is 35.9 Å². The van der Waals surface area contributed by atoms with Crippen molar-refractivity contribution in [1.29, 1.82) is 0 Å². The van der Waals surface area contributed by atoms with Crippen molar-refractivity contribution >= 4 is 35.0 Å². The lowest BCUT2D eigenvalue weighted by atomic mass is 10.1. The maximum Gasteiger partial charge on any atom is 0.288 e. The first kappa shape index (κ1) is 18.3. The number of aryl methyl sites for hydroxylation is 1. The minimum Gasteiger partial charge on any atom is -0.351 e. The van der Waals surface area contributed by atoms with Crippen molar-refractivity contribution < 1.29 is 9.72 Å². The van der Waals surface area contributed by atoms with Crippen LogP contribution in [0.2, 0.25) is 5.02 Å². The van der Waals surface area contributed by atoms with Gasteiger partial charge in [0.2, 0.25) is 0 Å². The summed E-state index contributed by atoms with van der Waals surface area (Å²) in [7, 11) is 0. The SMILES string of the molecule is Cc1ccccc1CSCCNC(=O)c1ccc(Cl)c([N+](=O)[O-])c1. The van der Waals surface area contributed by atoms with Crippen molar-refractivity contribution in [3.05, 3.63) is 74.3 Å². The number of nitrogens with one attached hydrogen (secondary N) is 1. The Morgan fingerprint density at radius 2 is 2.04 bits per heavy atom. The van der Waals surface area contributed by atoms with Crippen LogP contribution in [-0.2, 0) is 5.75 Å². The number of benzene rings is 2. The summed E-state index contributed by atoms with van der Waals surface area (Å²) in [6.45, 7) is 2.57. The summed E-state index contributed by atoms with van der Waals surface area (Å²) in [5, 5.41) is 13.6. The normalized spacial score (nSPS) is 10.4. The van der Waals surface area contributed by atoms with Crippen molar-refractivity contribution in [2.24, 2.45) is 0 Å². The number of halogens is 1. The largest absolute Gasteiger partial charge is 0.351 e. The number of thioether (sulfide) groups is 1. The van der Waals surface area contributed by atoms with Gasteiger partial charge in [-0.05, 0) is 30.2 Å². The number of rotatable bonds is 7. The number of carbonyl (C=O) groups is 1. The molecule has 0 aliphatic carbocycles. The molecule has 0 aliphatic heterocycles. The first-order chi connectivity index (χ1) is 11.5. The molecule has 5 nitrogen and oxygen atoms in total. The van der Waals surface area contributed by atoms with Crippen LogP contribution in [-0.4, -0.2) is 23.1 Å². The van der Waals surface area contributed by atoms with Crippen molar-refractivity contribution in [3.8, 4) is 0 Å². The van der Waals surface area contributed by atoms with Crippen LogP contribution in [0.5, 0.6) is 0 Å². The highest BCUT2D eigenvalue weighted by Crippen LogP contribution is 2.25. The molecule has 24 heavy (non-hydrogen) atoms.